The normalized spacial score (nSPS) is 27.8. The van der Waals surface area contributed by atoms with E-state index in [-0.39, 0.29) is 0 Å². The van der Waals surface area contributed by atoms with Crippen LogP contribution < -0.4 is 5.73 Å². The molecule has 1 aliphatic heterocycles. The molecule has 1 aliphatic carbocycles. The average Bonchev–Trinajstić information content (AvgIpc) is 2.80. The molecular weight excluding hydrogens is 148 g/mol. The van der Waals surface area contributed by atoms with Crippen LogP contribution in [0.15, 0.2) is 0 Å². The monoisotopic (exact) mass is 168 g/mol. The zero-order valence-electron chi connectivity index (χ0n) is 7.84. The summed E-state index contributed by atoms with van der Waals surface area (Å²) >= 11 is 0. The molecule has 0 aromatic heterocycles. The topological polar surface area (TPSA) is 29.3 Å². The van der Waals surface area contributed by atoms with Gasteiger partial charge in [-0.05, 0) is 57.2 Å². The molecule has 0 radical (unpaired) electrons. The Balaban J connectivity index is 1.74. The summed E-state index contributed by atoms with van der Waals surface area (Å²) in [5, 5.41) is 0. The van der Waals surface area contributed by atoms with E-state index in [2.05, 4.69) is 4.90 Å². The minimum absolute atomic E-state index is 0.808. The minimum Gasteiger partial charge on any atom is -0.330 e. The van der Waals surface area contributed by atoms with Crippen LogP contribution >= 0.6 is 0 Å². The summed E-state index contributed by atoms with van der Waals surface area (Å²) in [7, 11) is 0. The largest absolute Gasteiger partial charge is 0.330 e. The van der Waals surface area contributed by atoms with E-state index in [1.807, 2.05) is 0 Å². The first-order chi connectivity index (χ1) is 5.90. The molecule has 2 N–H and O–H groups in total. The van der Waals surface area contributed by atoms with Crippen LogP contribution in [0.2, 0.25) is 0 Å². The highest BCUT2D eigenvalue weighted by molar-refractivity contribution is 4.84. The molecule has 0 amide bonds. The van der Waals surface area contributed by atoms with E-state index in [1.165, 1.54) is 45.3 Å². The molecule has 0 aromatic rings. The second-order valence-corrected chi connectivity index (χ2v) is 4.34. The highest BCUT2D eigenvalue weighted by Gasteiger charge is 2.31. The van der Waals surface area contributed by atoms with Crippen molar-refractivity contribution in [2.24, 2.45) is 17.6 Å². The molecule has 2 heteroatoms. The standard InChI is InChI=1S/C10H20N2/c11-7-10(9-3-4-9)8-12-5-1-2-6-12/h9-10H,1-8,11H2/t10-/m1/s1. The molecule has 1 saturated heterocycles. The molecule has 1 saturated carbocycles. The fraction of sp³-hybridized carbons (Fsp3) is 1.00. The Morgan fingerprint density at radius 3 is 2.42 bits per heavy atom. The zero-order chi connectivity index (χ0) is 8.39. The maximum absolute atomic E-state index is 5.77. The molecule has 0 bridgehead atoms. The van der Waals surface area contributed by atoms with E-state index in [0.29, 0.717) is 0 Å². The summed E-state index contributed by atoms with van der Waals surface area (Å²) in [6, 6.07) is 0. The Labute approximate surface area is 75.1 Å². The third-order valence-electron chi connectivity index (χ3n) is 3.28. The van der Waals surface area contributed by atoms with Crippen LogP contribution in [0.5, 0.6) is 0 Å². The van der Waals surface area contributed by atoms with Gasteiger partial charge in [0.2, 0.25) is 0 Å². The van der Waals surface area contributed by atoms with Crippen LogP contribution in [-0.2, 0) is 0 Å². The number of likely N-dealkylation sites (tertiary alicyclic amines) is 1. The van der Waals surface area contributed by atoms with Crippen molar-refractivity contribution in [1.82, 2.24) is 4.90 Å². The molecule has 2 aliphatic rings. The first-order valence-corrected chi connectivity index (χ1v) is 5.32. The Hall–Kier alpha value is -0.0800. The van der Waals surface area contributed by atoms with Gasteiger partial charge in [0, 0.05) is 6.54 Å². The van der Waals surface area contributed by atoms with Crippen LogP contribution in [0, 0.1) is 11.8 Å². The van der Waals surface area contributed by atoms with Crippen LogP contribution in [0.25, 0.3) is 0 Å². The maximum atomic E-state index is 5.77. The Kier molecular flexibility index (Phi) is 2.66. The van der Waals surface area contributed by atoms with Crippen molar-refractivity contribution >= 4 is 0 Å². The van der Waals surface area contributed by atoms with E-state index in [9.17, 15) is 0 Å². The summed E-state index contributed by atoms with van der Waals surface area (Å²) in [5.41, 5.74) is 5.77. The van der Waals surface area contributed by atoms with Gasteiger partial charge in [0.1, 0.15) is 0 Å². The minimum atomic E-state index is 0.808. The molecule has 2 rings (SSSR count). The first-order valence-electron chi connectivity index (χ1n) is 5.32. The number of hydrogen-bond donors (Lipinski definition) is 1. The molecule has 70 valence electrons. The van der Waals surface area contributed by atoms with Crippen molar-refractivity contribution in [1.29, 1.82) is 0 Å². The summed E-state index contributed by atoms with van der Waals surface area (Å²) in [5.74, 6) is 1.79. The van der Waals surface area contributed by atoms with E-state index in [4.69, 9.17) is 5.73 Å². The Morgan fingerprint density at radius 2 is 1.92 bits per heavy atom. The fourth-order valence-electron chi connectivity index (χ4n) is 2.28. The SMILES string of the molecule is NC[C@H](CN1CCCC1)C1CC1. The summed E-state index contributed by atoms with van der Waals surface area (Å²) in [6.07, 6.45) is 5.69. The molecule has 0 aromatic carbocycles. The van der Waals surface area contributed by atoms with Gasteiger partial charge in [0.05, 0.1) is 0 Å². The zero-order valence-corrected chi connectivity index (χ0v) is 7.84. The lowest BCUT2D eigenvalue weighted by atomic mass is 10.0. The van der Waals surface area contributed by atoms with Gasteiger partial charge in [-0.25, -0.2) is 0 Å². The maximum Gasteiger partial charge on any atom is 0.00244 e. The molecule has 2 nitrogen and oxygen atoms in total. The molecule has 0 unspecified atom stereocenters. The Bertz CT molecular complexity index is 137. The molecule has 1 heterocycles. The van der Waals surface area contributed by atoms with E-state index in [1.54, 1.807) is 0 Å². The van der Waals surface area contributed by atoms with Gasteiger partial charge >= 0.3 is 0 Å². The lowest BCUT2D eigenvalue weighted by molar-refractivity contribution is 0.263. The number of nitrogens with zero attached hydrogens (tertiary/aromatic N) is 1. The van der Waals surface area contributed by atoms with Crippen LogP contribution in [0.3, 0.4) is 0 Å². The van der Waals surface area contributed by atoms with E-state index < -0.39 is 0 Å². The van der Waals surface area contributed by atoms with Gasteiger partial charge in [-0.3, -0.25) is 0 Å². The van der Waals surface area contributed by atoms with Crippen molar-refractivity contribution in [2.45, 2.75) is 25.7 Å². The van der Waals surface area contributed by atoms with Crippen molar-refractivity contribution < 1.29 is 0 Å². The van der Waals surface area contributed by atoms with Gasteiger partial charge < -0.3 is 10.6 Å². The van der Waals surface area contributed by atoms with Crippen molar-refractivity contribution in [3.8, 4) is 0 Å². The van der Waals surface area contributed by atoms with Crippen molar-refractivity contribution in [2.75, 3.05) is 26.2 Å². The molecular formula is C10H20N2. The van der Waals surface area contributed by atoms with Gasteiger partial charge in [0.15, 0.2) is 0 Å². The lowest BCUT2D eigenvalue weighted by Crippen LogP contribution is -2.32. The highest BCUT2D eigenvalue weighted by Crippen LogP contribution is 2.36. The average molecular weight is 168 g/mol. The second-order valence-electron chi connectivity index (χ2n) is 4.34. The van der Waals surface area contributed by atoms with Crippen molar-refractivity contribution in [3.63, 3.8) is 0 Å². The predicted molar refractivity (Wildman–Crippen MR) is 50.9 cm³/mol. The number of hydrogen-bond acceptors (Lipinski definition) is 2. The fourth-order valence-corrected chi connectivity index (χ4v) is 2.28. The molecule has 12 heavy (non-hydrogen) atoms. The quantitative estimate of drug-likeness (QED) is 0.680. The Morgan fingerprint density at radius 1 is 1.25 bits per heavy atom. The summed E-state index contributed by atoms with van der Waals surface area (Å²) in [4.78, 5) is 2.59. The van der Waals surface area contributed by atoms with E-state index >= 15 is 0 Å². The second kappa shape index (κ2) is 3.75. The van der Waals surface area contributed by atoms with Gasteiger partial charge in [-0.2, -0.15) is 0 Å². The van der Waals surface area contributed by atoms with Crippen LogP contribution in [0.4, 0.5) is 0 Å². The third-order valence-corrected chi connectivity index (χ3v) is 3.28. The predicted octanol–water partition coefficient (Wildman–Crippen LogP) is 1.07. The molecule has 0 spiro atoms. The van der Waals surface area contributed by atoms with Crippen LogP contribution in [-0.4, -0.2) is 31.1 Å². The van der Waals surface area contributed by atoms with E-state index in [0.717, 1.165) is 18.4 Å². The lowest BCUT2D eigenvalue weighted by Gasteiger charge is -2.21. The number of rotatable bonds is 4. The van der Waals surface area contributed by atoms with Crippen molar-refractivity contribution in [3.05, 3.63) is 0 Å². The highest BCUT2D eigenvalue weighted by atomic mass is 15.1. The first kappa shape index (κ1) is 8.52. The van der Waals surface area contributed by atoms with Crippen LogP contribution in [0.1, 0.15) is 25.7 Å². The van der Waals surface area contributed by atoms with Gasteiger partial charge in [-0.15, -0.1) is 0 Å². The molecule has 1 atom stereocenters. The number of nitrogens with two attached hydrogens (primary N) is 1. The smallest absolute Gasteiger partial charge is 0.00244 e. The summed E-state index contributed by atoms with van der Waals surface area (Å²) < 4.78 is 0. The molecule has 2 fully saturated rings. The van der Waals surface area contributed by atoms with Gasteiger partial charge in [0.25, 0.3) is 0 Å². The third kappa shape index (κ3) is 1.99. The van der Waals surface area contributed by atoms with Gasteiger partial charge in [-0.1, -0.05) is 0 Å². The summed E-state index contributed by atoms with van der Waals surface area (Å²) in [6.45, 7) is 4.83.